The molecule has 1 aliphatic rings. The molecule has 3 aromatic carbocycles. The first-order valence-corrected chi connectivity index (χ1v) is 9.11. The van der Waals surface area contributed by atoms with E-state index in [0.717, 1.165) is 35.2 Å². The second-order valence-electron chi connectivity index (χ2n) is 7.11. The van der Waals surface area contributed by atoms with Gasteiger partial charge >= 0.3 is 0 Å². The summed E-state index contributed by atoms with van der Waals surface area (Å²) in [7, 11) is 0. The Kier molecular flexibility index (Phi) is 4.15. The fraction of sp³-hybridized carbons (Fsp3) is 0.261. The molecule has 1 N–H and O–H groups in total. The van der Waals surface area contributed by atoms with Crippen LogP contribution in [0.15, 0.2) is 48.5 Å². The van der Waals surface area contributed by atoms with Crippen LogP contribution in [0.2, 0.25) is 0 Å². The van der Waals surface area contributed by atoms with Gasteiger partial charge in [0.05, 0.1) is 0 Å². The van der Waals surface area contributed by atoms with Gasteiger partial charge < -0.3 is 10.1 Å². The number of carbonyl (C=O) groups is 1. The monoisotopic (exact) mass is 345 g/mol. The zero-order valence-corrected chi connectivity index (χ0v) is 15.4. The smallest absolute Gasteiger partial charge is 0.265 e. The predicted molar refractivity (Wildman–Crippen MR) is 106 cm³/mol. The molecular formula is C23H23NO2. The van der Waals surface area contributed by atoms with E-state index in [2.05, 4.69) is 36.5 Å². The van der Waals surface area contributed by atoms with Crippen LogP contribution in [0.5, 0.6) is 5.75 Å². The summed E-state index contributed by atoms with van der Waals surface area (Å²) in [5.41, 5.74) is 5.96. The van der Waals surface area contributed by atoms with Crippen molar-refractivity contribution in [2.24, 2.45) is 0 Å². The number of carbonyl (C=O) groups excluding carboxylic acids is 1. The Balaban J connectivity index is 1.55. The fourth-order valence-electron chi connectivity index (χ4n) is 3.64. The van der Waals surface area contributed by atoms with Crippen LogP contribution >= 0.6 is 0 Å². The molecule has 0 aliphatic heterocycles. The normalized spacial score (nSPS) is 13.7. The van der Waals surface area contributed by atoms with Crippen molar-refractivity contribution in [3.63, 3.8) is 0 Å². The number of hydrogen-bond donors (Lipinski definition) is 1. The summed E-state index contributed by atoms with van der Waals surface area (Å²) in [5.74, 6) is 0.582. The molecule has 1 aliphatic carbocycles. The topological polar surface area (TPSA) is 38.3 Å². The largest absolute Gasteiger partial charge is 0.481 e. The van der Waals surface area contributed by atoms with E-state index in [1.54, 1.807) is 6.92 Å². The molecule has 3 heteroatoms. The Hall–Kier alpha value is -2.81. The molecule has 3 aromatic rings. The maximum absolute atomic E-state index is 12.7. The van der Waals surface area contributed by atoms with Crippen molar-refractivity contribution < 1.29 is 9.53 Å². The average Bonchev–Trinajstić information content (AvgIpc) is 3.05. The highest BCUT2D eigenvalue weighted by Crippen LogP contribution is 2.35. The summed E-state index contributed by atoms with van der Waals surface area (Å²) in [6.45, 7) is 5.88. The lowest BCUT2D eigenvalue weighted by atomic mass is 10.0. The van der Waals surface area contributed by atoms with Crippen molar-refractivity contribution in [1.82, 2.24) is 0 Å². The first kappa shape index (κ1) is 16.6. The summed E-state index contributed by atoms with van der Waals surface area (Å²) in [5, 5.41) is 5.46. The lowest BCUT2D eigenvalue weighted by Crippen LogP contribution is -2.30. The molecule has 132 valence electrons. The number of nitrogens with one attached hydrogen (secondary N) is 1. The number of amides is 1. The van der Waals surface area contributed by atoms with Crippen LogP contribution < -0.4 is 10.1 Å². The minimum absolute atomic E-state index is 0.137. The Bertz CT molecular complexity index is 996. The second-order valence-corrected chi connectivity index (χ2v) is 7.11. The van der Waals surface area contributed by atoms with Gasteiger partial charge in [-0.2, -0.15) is 0 Å². The van der Waals surface area contributed by atoms with E-state index in [-0.39, 0.29) is 5.91 Å². The Morgan fingerprint density at radius 1 is 1.00 bits per heavy atom. The van der Waals surface area contributed by atoms with E-state index in [1.807, 2.05) is 31.2 Å². The van der Waals surface area contributed by atoms with Crippen molar-refractivity contribution >= 4 is 22.4 Å². The zero-order chi connectivity index (χ0) is 18.3. The number of anilines is 1. The number of hydrogen-bond acceptors (Lipinski definition) is 2. The third-order valence-electron chi connectivity index (χ3n) is 5.30. The number of rotatable bonds is 4. The van der Waals surface area contributed by atoms with Crippen LogP contribution in [0, 0.1) is 13.8 Å². The lowest BCUT2D eigenvalue weighted by molar-refractivity contribution is -0.122. The molecule has 0 aromatic heterocycles. The highest BCUT2D eigenvalue weighted by Gasteiger charge is 2.19. The molecule has 0 saturated heterocycles. The zero-order valence-electron chi connectivity index (χ0n) is 15.4. The number of ether oxygens (including phenoxy) is 1. The van der Waals surface area contributed by atoms with Gasteiger partial charge in [0.25, 0.3) is 5.91 Å². The van der Waals surface area contributed by atoms with Crippen molar-refractivity contribution in [3.05, 3.63) is 70.8 Å². The van der Waals surface area contributed by atoms with E-state index in [1.165, 1.54) is 22.1 Å². The van der Waals surface area contributed by atoms with Crippen LogP contribution in [0.1, 0.15) is 29.2 Å². The summed E-state index contributed by atoms with van der Waals surface area (Å²) >= 11 is 0. The van der Waals surface area contributed by atoms with Gasteiger partial charge in [-0.1, -0.05) is 30.3 Å². The van der Waals surface area contributed by atoms with E-state index in [9.17, 15) is 4.79 Å². The van der Waals surface area contributed by atoms with Crippen LogP contribution in [0.25, 0.3) is 10.8 Å². The van der Waals surface area contributed by atoms with E-state index < -0.39 is 6.10 Å². The molecule has 4 rings (SSSR count). The molecule has 0 saturated carbocycles. The summed E-state index contributed by atoms with van der Waals surface area (Å²) in [4.78, 5) is 12.7. The van der Waals surface area contributed by atoms with Crippen molar-refractivity contribution in [1.29, 1.82) is 0 Å². The number of benzene rings is 3. The first-order valence-electron chi connectivity index (χ1n) is 9.11. The van der Waals surface area contributed by atoms with Gasteiger partial charge in [-0.05, 0) is 79.5 Å². The SMILES string of the molecule is Cc1ccc(O[C@H](C)C(=O)Nc2ccc3c4c(cccc24)CC3)cc1C. The quantitative estimate of drug-likeness (QED) is 0.726. The molecule has 0 fully saturated rings. The molecular weight excluding hydrogens is 322 g/mol. The minimum atomic E-state index is -0.569. The Labute approximate surface area is 154 Å². The van der Waals surface area contributed by atoms with Crippen molar-refractivity contribution in [2.75, 3.05) is 5.32 Å². The van der Waals surface area contributed by atoms with Gasteiger partial charge in [0.2, 0.25) is 0 Å². The molecule has 0 heterocycles. The molecule has 3 nitrogen and oxygen atoms in total. The predicted octanol–water partition coefficient (Wildman–Crippen LogP) is 4.96. The third-order valence-corrected chi connectivity index (χ3v) is 5.30. The summed E-state index contributed by atoms with van der Waals surface area (Å²) in [6, 6.07) is 16.4. The first-order chi connectivity index (χ1) is 12.5. The highest BCUT2D eigenvalue weighted by molar-refractivity contribution is 6.06. The van der Waals surface area contributed by atoms with Crippen molar-refractivity contribution in [2.45, 2.75) is 39.7 Å². The summed E-state index contributed by atoms with van der Waals surface area (Å²) in [6.07, 6.45) is 1.59. The van der Waals surface area contributed by atoms with Crippen LogP contribution in [0.4, 0.5) is 5.69 Å². The van der Waals surface area contributed by atoms with Gasteiger partial charge in [0, 0.05) is 11.1 Å². The van der Waals surface area contributed by atoms with Crippen molar-refractivity contribution in [3.8, 4) is 5.75 Å². The maximum Gasteiger partial charge on any atom is 0.265 e. The molecule has 1 atom stereocenters. The summed E-state index contributed by atoms with van der Waals surface area (Å²) < 4.78 is 5.84. The van der Waals surface area contributed by atoms with Crippen LogP contribution in [0.3, 0.4) is 0 Å². The van der Waals surface area contributed by atoms with E-state index >= 15 is 0 Å². The third kappa shape index (κ3) is 2.94. The van der Waals surface area contributed by atoms with Crippen LogP contribution in [-0.4, -0.2) is 12.0 Å². The number of aryl methyl sites for hydroxylation is 4. The van der Waals surface area contributed by atoms with Gasteiger partial charge in [-0.3, -0.25) is 4.79 Å². The standard InChI is InChI=1S/C23H23NO2/c1-14-7-11-19(13-15(14)2)26-16(3)23(25)24-21-12-10-18-9-8-17-5-4-6-20(21)22(17)18/h4-7,10-13,16H,8-9H2,1-3H3,(H,24,25)/t16-/m1/s1. The molecule has 0 bridgehead atoms. The Morgan fingerprint density at radius 3 is 2.54 bits per heavy atom. The van der Waals surface area contributed by atoms with Gasteiger partial charge in [-0.25, -0.2) is 0 Å². The highest BCUT2D eigenvalue weighted by atomic mass is 16.5. The molecule has 0 unspecified atom stereocenters. The maximum atomic E-state index is 12.7. The fourth-order valence-corrected chi connectivity index (χ4v) is 3.64. The van der Waals surface area contributed by atoms with Crippen LogP contribution in [-0.2, 0) is 17.6 Å². The average molecular weight is 345 g/mol. The van der Waals surface area contributed by atoms with E-state index in [4.69, 9.17) is 4.74 Å². The molecule has 1 amide bonds. The molecule has 26 heavy (non-hydrogen) atoms. The molecule has 0 spiro atoms. The van der Waals surface area contributed by atoms with E-state index in [0.29, 0.717) is 0 Å². The van der Waals surface area contributed by atoms with Gasteiger partial charge in [-0.15, -0.1) is 0 Å². The van der Waals surface area contributed by atoms with Gasteiger partial charge in [0.1, 0.15) is 5.75 Å². The van der Waals surface area contributed by atoms with Gasteiger partial charge in [0.15, 0.2) is 6.10 Å². The molecule has 0 radical (unpaired) electrons. The lowest BCUT2D eigenvalue weighted by Gasteiger charge is -2.17. The minimum Gasteiger partial charge on any atom is -0.481 e. The second kappa shape index (κ2) is 6.49. The Morgan fingerprint density at radius 2 is 1.77 bits per heavy atom.